The Morgan fingerprint density at radius 1 is 1.19 bits per heavy atom. The van der Waals surface area contributed by atoms with Gasteiger partial charge in [0.15, 0.2) is 0 Å². The lowest BCUT2D eigenvalue weighted by Crippen LogP contribution is -2.32. The van der Waals surface area contributed by atoms with E-state index in [0.29, 0.717) is 24.3 Å². The molecule has 1 atom stereocenters. The first-order valence-corrected chi connectivity index (χ1v) is 10.4. The number of methoxy groups -OCH3 is 1. The molecule has 0 radical (unpaired) electrons. The number of nitrogens with one attached hydrogen (secondary N) is 1. The lowest BCUT2D eigenvalue weighted by atomic mass is 9.94. The molecule has 2 N–H and O–H groups in total. The summed E-state index contributed by atoms with van der Waals surface area (Å²) in [5.41, 5.74) is 3.96. The summed E-state index contributed by atoms with van der Waals surface area (Å²) < 4.78 is 5.36. The van der Waals surface area contributed by atoms with Crippen LogP contribution in [0.25, 0.3) is 5.76 Å². The minimum absolute atomic E-state index is 0.119. The number of hydrogen-bond acceptors (Lipinski definition) is 5. The van der Waals surface area contributed by atoms with Gasteiger partial charge in [-0.3, -0.25) is 9.59 Å². The van der Waals surface area contributed by atoms with Crippen LogP contribution >= 0.6 is 0 Å². The van der Waals surface area contributed by atoms with E-state index in [4.69, 9.17) is 4.74 Å². The van der Waals surface area contributed by atoms with Crippen molar-refractivity contribution in [2.75, 3.05) is 34.3 Å². The molecule has 1 saturated heterocycles. The number of carbonyl (C=O) groups excluding carboxylic acids is 2. The second kappa shape index (κ2) is 8.98. The summed E-state index contributed by atoms with van der Waals surface area (Å²) in [5, 5.41) is 11.3. The molecule has 3 rings (SSSR count). The third kappa shape index (κ3) is 4.23. The molecule has 1 amide bonds. The topological polar surface area (TPSA) is 85.9 Å². The highest BCUT2D eigenvalue weighted by molar-refractivity contribution is 6.46. The van der Waals surface area contributed by atoms with Gasteiger partial charge in [-0.15, -0.1) is 0 Å². The van der Waals surface area contributed by atoms with Gasteiger partial charge in [-0.25, -0.2) is 0 Å². The second-order valence-electron chi connectivity index (χ2n) is 8.30. The summed E-state index contributed by atoms with van der Waals surface area (Å²) in [5.74, 6) is -0.759. The van der Waals surface area contributed by atoms with Crippen molar-refractivity contribution in [3.8, 4) is 5.75 Å². The van der Waals surface area contributed by atoms with Gasteiger partial charge >= 0.3 is 0 Å². The van der Waals surface area contributed by atoms with Crippen LogP contribution in [0.4, 0.5) is 0 Å². The molecule has 1 aromatic heterocycles. The predicted molar refractivity (Wildman–Crippen MR) is 120 cm³/mol. The number of amides is 1. The molecular weight excluding hydrogens is 394 g/mol. The van der Waals surface area contributed by atoms with E-state index < -0.39 is 17.7 Å². The van der Waals surface area contributed by atoms with Gasteiger partial charge in [-0.05, 0) is 71.1 Å². The molecule has 0 aliphatic carbocycles. The SMILES string of the molecule is COc1cccc(C2/C(=C(\O)c3c(C)[nH]c(C)c3C)C(=O)C(=O)N2CCCN(C)C)c1. The average Bonchev–Trinajstić information content (AvgIpc) is 3.13. The molecular formula is C24H31N3O4. The molecule has 166 valence electrons. The quantitative estimate of drug-likeness (QED) is 0.404. The van der Waals surface area contributed by atoms with Gasteiger partial charge in [0.25, 0.3) is 11.7 Å². The lowest BCUT2D eigenvalue weighted by molar-refractivity contribution is -0.139. The van der Waals surface area contributed by atoms with Crippen LogP contribution in [0.5, 0.6) is 5.75 Å². The molecule has 2 heterocycles. The number of H-pyrrole nitrogens is 1. The van der Waals surface area contributed by atoms with E-state index in [2.05, 4.69) is 4.98 Å². The van der Waals surface area contributed by atoms with E-state index in [1.807, 2.05) is 64.0 Å². The molecule has 0 bridgehead atoms. The number of hydrogen-bond donors (Lipinski definition) is 2. The number of rotatable bonds is 7. The Kier molecular flexibility index (Phi) is 6.55. The molecule has 1 unspecified atom stereocenters. The van der Waals surface area contributed by atoms with Crippen molar-refractivity contribution in [2.24, 2.45) is 0 Å². The number of Topliss-reactive ketones (excluding diaryl/α,β-unsaturated/α-hetero) is 1. The van der Waals surface area contributed by atoms with E-state index in [1.165, 1.54) is 0 Å². The molecule has 0 saturated carbocycles. The zero-order chi connectivity index (χ0) is 22.9. The molecule has 1 aliphatic heterocycles. The highest BCUT2D eigenvalue weighted by atomic mass is 16.5. The number of carbonyl (C=O) groups is 2. The zero-order valence-corrected chi connectivity index (χ0v) is 19.1. The van der Waals surface area contributed by atoms with Gasteiger partial charge < -0.3 is 24.6 Å². The fraction of sp³-hybridized carbons (Fsp3) is 0.417. The van der Waals surface area contributed by atoms with Crippen LogP contribution < -0.4 is 4.74 Å². The van der Waals surface area contributed by atoms with Crippen molar-refractivity contribution in [1.29, 1.82) is 0 Å². The number of aryl methyl sites for hydroxylation is 2. The Morgan fingerprint density at radius 2 is 1.90 bits per heavy atom. The monoisotopic (exact) mass is 425 g/mol. The fourth-order valence-corrected chi connectivity index (χ4v) is 4.22. The highest BCUT2D eigenvalue weighted by Crippen LogP contribution is 2.41. The maximum Gasteiger partial charge on any atom is 0.295 e. The molecule has 1 aliphatic rings. The number of ketones is 1. The largest absolute Gasteiger partial charge is 0.507 e. The minimum atomic E-state index is -0.675. The Hall–Kier alpha value is -3.06. The smallest absolute Gasteiger partial charge is 0.295 e. The predicted octanol–water partition coefficient (Wildman–Crippen LogP) is 3.32. The van der Waals surface area contributed by atoms with Gasteiger partial charge in [-0.1, -0.05) is 12.1 Å². The third-order valence-corrected chi connectivity index (χ3v) is 5.88. The van der Waals surface area contributed by atoms with Crippen molar-refractivity contribution in [2.45, 2.75) is 33.2 Å². The average molecular weight is 426 g/mol. The van der Waals surface area contributed by atoms with E-state index in [1.54, 1.807) is 12.0 Å². The number of benzene rings is 1. The molecule has 0 spiro atoms. The number of aliphatic hydroxyl groups is 1. The van der Waals surface area contributed by atoms with Gasteiger partial charge in [0.05, 0.1) is 18.7 Å². The Bertz CT molecular complexity index is 1040. The molecule has 7 heteroatoms. The van der Waals surface area contributed by atoms with Crippen molar-refractivity contribution < 1.29 is 19.4 Å². The van der Waals surface area contributed by atoms with Crippen molar-refractivity contribution in [3.63, 3.8) is 0 Å². The van der Waals surface area contributed by atoms with Crippen LogP contribution in [0.3, 0.4) is 0 Å². The number of aromatic amines is 1. The number of aliphatic hydroxyl groups excluding tert-OH is 1. The third-order valence-electron chi connectivity index (χ3n) is 5.88. The first-order chi connectivity index (χ1) is 14.7. The number of ether oxygens (including phenoxy) is 1. The molecule has 1 fully saturated rings. The van der Waals surface area contributed by atoms with Gasteiger partial charge in [-0.2, -0.15) is 0 Å². The Labute approximate surface area is 183 Å². The Morgan fingerprint density at radius 3 is 2.48 bits per heavy atom. The maximum atomic E-state index is 13.1. The van der Waals surface area contributed by atoms with Crippen molar-refractivity contribution >= 4 is 17.4 Å². The first-order valence-electron chi connectivity index (χ1n) is 10.4. The lowest BCUT2D eigenvalue weighted by Gasteiger charge is -2.26. The van der Waals surface area contributed by atoms with Crippen LogP contribution in [0, 0.1) is 20.8 Å². The molecule has 1 aromatic carbocycles. The second-order valence-corrected chi connectivity index (χ2v) is 8.30. The molecule has 2 aromatic rings. The van der Waals surface area contributed by atoms with E-state index in [-0.39, 0.29) is 11.3 Å². The van der Waals surface area contributed by atoms with Crippen molar-refractivity contribution in [1.82, 2.24) is 14.8 Å². The summed E-state index contributed by atoms with van der Waals surface area (Å²) >= 11 is 0. The molecule has 31 heavy (non-hydrogen) atoms. The molecule has 7 nitrogen and oxygen atoms in total. The van der Waals surface area contributed by atoms with Crippen LogP contribution in [0.15, 0.2) is 29.8 Å². The summed E-state index contributed by atoms with van der Waals surface area (Å²) in [6.07, 6.45) is 0.710. The standard InChI is InChI=1S/C24H31N3O4/c1-14-15(2)25-16(3)19(14)22(28)20-21(17-9-7-10-18(13-17)31-6)27(24(30)23(20)29)12-8-11-26(4)5/h7,9-10,13,21,25,28H,8,11-12H2,1-6H3/b22-20+. The van der Waals surface area contributed by atoms with Gasteiger partial charge in [0.1, 0.15) is 11.5 Å². The number of likely N-dealkylation sites (tertiary alicyclic amines) is 1. The summed E-state index contributed by atoms with van der Waals surface area (Å²) in [7, 11) is 5.50. The van der Waals surface area contributed by atoms with E-state index >= 15 is 0 Å². The first kappa shape index (κ1) is 22.6. The van der Waals surface area contributed by atoms with Crippen LogP contribution in [0.2, 0.25) is 0 Å². The normalized spacial score (nSPS) is 18.3. The van der Waals surface area contributed by atoms with Crippen molar-refractivity contribution in [3.05, 3.63) is 57.9 Å². The highest BCUT2D eigenvalue weighted by Gasteiger charge is 2.46. The summed E-state index contributed by atoms with van der Waals surface area (Å²) in [6.45, 7) is 6.84. The summed E-state index contributed by atoms with van der Waals surface area (Å²) in [4.78, 5) is 33.0. The minimum Gasteiger partial charge on any atom is -0.507 e. The number of aromatic nitrogens is 1. The van der Waals surface area contributed by atoms with Crippen LogP contribution in [-0.2, 0) is 9.59 Å². The van der Waals surface area contributed by atoms with Crippen LogP contribution in [-0.4, -0.2) is 65.9 Å². The fourth-order valence-electron chi connectivity index (χ4n) is 4.22. The van der Waals surface area contributed by atoms with Crippen LogP contribution in [0.1, 0.15) is 40.5 Å². The van der Waals surface area contributed by atoms with E-state index in [0.717, 1.165) is 29.1 Å². The zero-order valence-electron chi connectivity index (χ0n) is 19.1. The Balaban J connectivity index is 2.17. The maximum absolute atomic E-state index is 13.1. The van der Waals surface area contributed by atoms with E-state index in [9.17, 15) is 14.7 Å². The van der Waals surface area contributed by atoms with Gasteiger partial charge in [0.2, 0.25) is 0 Å². The number of nitrogens with zero attached hydrogens (tertiary/aromatic N) is 2. The van der Waals surface area contributed by atoms with Gasteiger partial charge in [0, 0.05) is 23.5 Å². The summed E-state index contributed by atoms with van der Waals surface area (Å²) in [6, 6.07) is 6.63.